The predicted molar refractivity (Wildman–Crippen MR) is 112 cm³/mol. The number of nitrogens with one attached hydrogen (secondary N) is 4. The van der Waals surface area contributed by atoms with E-state index in [4.69, 9.17) is 10.9 Å². The second-order valence-electron chi connectivity index (χ2n) is 7.03. The van der Waals surface area contributed by atoms with Crippen molar-refractivity contribution in [3.05, 3.63) is 54.1 Å². The van der Waals surface area contributed by atoms with E-state index >= 15 is 0 Å². The van der Waals surface area contributed by atoms with Crippen LogP contribution in [0.15, 0.2) is 48.5 Å². The van der Waals surface area contributed by atoms with Crippen LogP contribution in [0.1, 0.15) is 23.2 Å². The summed E-state index contributed by atoms with van der Waals surface area (Å²) in [6.45, 7) is 0.725. The van der Waals surface area contributed by atoms with Gasteiger partial charge in [-0.15, -0.1) is 0 Å². The Kier molecular flexibility index (Phi) is 7.12. The number of amides is 3. The van der Waals surface area contributed by atoms with Gasteiger partial charge in [0.25, 0.3) is 11.8 Å². The van der Waals surface area contributed by atoms with Crippen LogP contribution in [-0.4, -0.2) is 48.1 Å². The first-order chi connectivity index (χ1) is 14.5. The summed E-state index contributed by atoms with van der Waals surface area (Å²) in [4.78, 5) is 35.9. The molecule has 7 N–H and O–H groups in total. The van der Waals surface area contributed by atoms with Crippen molar-refractivity contribution in [2.45, 2.75) is 24.9 Å². The summed E-state index contributed by atoms with van der Waals surface area (Å²) in [5.41, 5.74) is 9.81. The maximum atomic E-state index is 12.3. The number of rotatable bonds is 7. The number of anilines is 1. The summed E-state index contributed by atoms with van der Waals surface area (Å²) in [5.74, 6) is -1.28. The minimum absolute atomic E-state index is 0.0266. The molecule has 1 heterocycles. The van der Waals surface area contributed by atoms with Crippen LogP contribution in [-0.2, 0) is 9.59 Å². The summed E-state index contributed by atoms with van der Waals surface area (Å²) >= 11 is 0. The molecule has 1 fully saturated rings. The van der Waals surface area contributed by atoms with Gasteiger partial charge in [-0.25, -0.2) is 5.48 Å². The first kappa shape index (κ1) is 21.4. The molecule has 2 aromatic carbocycles. The van der Waals surface area contributed by atoms with E-state index in [1.165, 1.54) is 5.48 Å². The molecular weight excluding hydrogens is 386 g/mol. The van der Waals surface area contributed by atoms with Crippen molar-refractivity contribution in [2.24, 2.45) is 5.73 Å². The first-order valence-electron chi connectivity index (χ1n) is 9.71. The second-order valence-corrected chi connectivity index (χ2v) is 7.03. The molecule has 0 radical (unpaired) electrons. The van der Waals surface area contributed by atoms with Crippen molar-refractivity contribution in [1.29, 1.82) is 0 Å². The van der Waals surface area contributed by atoms with Crippen LogP contribution in [0.2, 0.25) is 0 Å². The third-order valence-corrected chi connectivity index (χ3v) is 4.98. The van der Waals surface area contributed by atoms with Crippen LogP contribution in [0.4, 0.5) is 5.69 Å². The SMILES string of the molecule is NC[C@H](NC(=O)c1ccc(-c2ccc(NC(=O)C3CCCN3)cc2)cc1)C(=O)NO. The summed E-state index contributed by atoms with van der Waals surface area (Å²) in [6, 6.07) is 13.1. The Morgan fingerprint density at radius 2 is 1.70 bits per heavy atom. The third kappa shape index (κ3) is 5.20. The topological polar surface area (TPSA) is 146 Å². The highest BCUT2D eigenvalue weighted by Gasteiger charge is 2.22. The van der Waals surface area contributed by atoms with Crippen molar-refractivity contribution in [2.75, 3.05) is 18.4 Å². The van der Waals surface area contributed by atoms with Crippen LogP contribution in [0.5, 0.6) is 0 Å². The average molecular weight is 411 g/mol. The molecule has 0 bridgehead atoms. The highest BCUT2D eigenvalue weighted by atomic mass is 16.5. The Hall–Kier alpha value is -3.27. The van der Waals surface area contributed by atoms with Crippen LogP contribution in [0.25, 0.3) is 11.1 Å². The van der Waals surface area contributed by atoms with Crippen molar-refractivity contribution >= 4 is 23.4 Å². The highest BCUT2D eigenvalue weighted by molar-refractivity contribution is 5.98. The van der Waals surface area contributed by atoms with Crippen molar-refractivity contribution in [3.8, 4) is 11.1 Å². The number of hydrogen-bond donors (Lipinski definition) is 6. The fourth-order valence-electron chi connectivity index (χ4n) is 3.25. The van der Waals surface area contributed by atoms with Crippen LogP contribution >= 0.6 is 0 Å². The van der Waals surface area contributed by atoms with Gasteiger partial charge < -0.3 is 21.7 Å². The van der Waals surface area contributed by atoms with E-state index < -0.39 is 17.9 Å². The molecule has 2 atom stereocenters. The number of carbonyl (C=O) groups excluding carboxylic acids is 3. The molecule has 0 spiro atoms. The van der Waals surface area contributed by atoms with E-state index in [-0.39, 0.29) is 18.5 Å². The van der Waals surface area contributed by atoms with Gasteiger partial charge in [0.05, 0.1) is 6.04 Å². The Morgan fingerprint density at radius 1 is 1.07 bits per heavy atom. The quantitative estimate of drug-likeness (QED) is 0.291. The zero-order valence-electron chi connectivity index (χ0n) is 16.4. The van der Waals surface area contributed by atoms with Gasteiger partial charge in [-0.3, -0.25) is 19.6 Å². The lowest BCUT2D eigenvalue weighted by atomic mass is 10.0. The summed E-state index contributed by atoms with van der Waals surface area (Å²) in [5, 5.41) is 17.2. The van der Waals surface area contributed by atoms with E-state index in [9.17, 15) is 14.4 Å². The minimum Gasteiger partial charge on any atom is -0.339 e. The number of carbonyl (C=O) groups is 3. The molecule has 0 saturated carbocycles. The van der Waals surface area contributed by atoms with Gasteiger partial charge in [-0.2, -0.15) is 0 Å². The molecule has 30 heavy (non-hydrogen) atoms. The van der Waals surface area contributed by atoms with Crippen LogP contribution in [0, 0.1) is 0 Å². The lowest BCUT2D eigenvalue weighted by molar-refractivity contribution is -0.130. The van der Waals surface area contributed by atoms with Gasteiger partial charge in [0.2, 0.25) is 5.91 Å². The Labute approximate surface area is 174 Å². The van der Waals surface area contributed by atoms with Crippen LogP contribution in [0.3, 0.4) is 0 Å². The molecule has 1 unspecified atom stereocenters. The van der Waals surface area contributed by atoms with Gasteiger partial charge in [-0.05, 0) is 54.8 Å². The number of benzene rings is 2. The van der Waals surface area contributed by atoms with Gasteiger partial charge >= 0.3 is 0 Å². The molecule has 0 aromatic heterocycles. The zero-order chi connectivity index (χ0) is 21.5. The Morgan fingerprint density at radius 3 is 2.23 bits per heavy atom. The lowest BCUT2D eigenvalue weighted by Gasteiger charge is -2.14. The lowest BCUT2D eigenvalue weighted by Crippen LogP contribution is -2.50. The second kappa shape index (κ2) is 9.97. The van der Waals surface area contributed by atoms with Crippen molar-refractivity contribution in [3.63, 3.8) is 0 Å². The summed E-state index contributed by atoms with van der Waals surface area (Å²) in [6.07, 6.45) is 1.85. The average Bonchev–Trinajstić information content (AvgIpc) is 3.32. The van der Waals surface area contributed by atoms with Gasteiger partial charge in [0, 0.05) is 17.8 Å². The molecule has 9 nitrogen and oxygen atoms in total. The van der Waals surface area contributed by atoms with E-state index in [1.54, 1.807) is 24.3 Å². The van der Waals surface area contributed by atoms with Gasteiger partial charge in [-0.1, -0.05) is 24.3 Å². The van der Waals surface area contributed by atoms with Gasteiger partial charge in [0.15, 0.2) is 0 Å². The van der Waals surface area contributed by atoms with Crippen molar-refractivity contribution in [1.82, 2.24) is 16.1 Å². The normalized spacial score (nSPS) is 16.5. The first-order valence-corrected chi connectivity index (χ1v) is 9.71. The standard InChI is InChI=1S/C21H25N5O4/c22-12-18(21(29)26-30)25-19(27)15-5-3-13(4-6-15)14-7-9-16(10-8-14)24-20(28)17-2-1-11-23-17/h3-10,17-18,23,30H,1-2,11-12,22H2,(H,24,28)(H,25,27)(H,26,29)/t17?,18-/m0/s1. The maximum absolute atomic E-state index is 12.3. The molecule has 1 aliphatic heterocycles. The highest BCUT2D eigenvalue weighted by Crippen LogP contribution is 2.22. The largest absolute Gasteiger partial charge is 0.339 e. The molecule has 1 aliphatic rings. The monoisotopic (exact) mass is 411 g/mol. The van der Waals surface area contributed by atoms with E-state index in [1.807, 2.05) is 24.3 Å². The van der Waals surface area contributed by atoms with E-state index in [0.29, 0.717) is 5.56 Å². The Bertz CT molecular complexity index is 893. The number of hydroxylamine groups is 1. The molecule has 0 aliphatic carbocycles. The van der Waals surface area contributed by atoms with Crippen molar-refractivity contribution < 1.29 is 19.6 Å². The molecule has 3 rings (SSSR count). The fourth-order valence-corrected chi connectivity index (χ4v) is 3.25. The fraction of sp³-hybridized carbons (Fsp3) is 0.286. The molecule has 158 valence electrons. The van der Waals surface area contributed by atoms with Gasteiger partial charge in [0.1, 0.15) is 6.04 Å². The zero-order valence-corrected chi connectivity index (χ0v) is 16.4. The van der Waals surface area contributed by atoms with E-state index in [0.717, 1.165) is 36.2 Å². The maximum Gasteiger partial charge on any atom is 0.267 e. The summed E-state index contributed by atoms with van der Waals surface area (Å²) < 4.78 is 0. The number of nitrogens with two attached hydrogens (primary N) is 1. The van der Waals surface area contributed by atoms with E-state index in [2.05, 4.69) is 16.0 Å². The smallest absolute Gasteiger partial charge is 0.267 e. The van der Waals surface area contributed by atoms with Crippen LogP contribution < -0.4 is 27.2 Å². The number of hydrogen-bond acceptors (Lipinski definition) is 6. The molecular formula is C21H25N5O4. The minimum atomic E-state index is -1.02. The summed E-state index contributed by atoms with van der Waals surface area (Å²) in [7, 11) is 0. The molecule has 3 amide bonds. The third-order valence-electron chi connectivity index (χ3n) is 4.98. The Balaban J connectivity index is 1.62. The molecule has 9 heteroatoms. The molecule has 1 saturated heterocycles. The predicted octanol–water partition coefficient (Wildman–Crippen LogP) is 0.607. The molecule has 2 aromatic rings.